The van der Waals surface area contributed by atoms with Gasteiger partial charge in [0.15, 0.2) is 0 Å². The zero-order valence-electron chi connectivity index (χ0n) is 9.63. The van der Waals surface area contributed by atoms with Gasteiger partial charge in [-0.2, -0.15) is 0 Å². The molecule has 2 atom stereocenters. The second-order valence-electron chi connectivity index (χ2n) is 4.91. The molecule has 0 aromatic heterocycles. The normalized spacial score (nSPS) is 28.4. The fraction of sp³-hybridized carbons (Fsp3) is 0.538. The first-order valence-corrected chi connectivity index (χ1v) is 7.65. The Bertz CT molecular complexity index is 424. The van der Waals surface area contributed by atoms with Crippen molar-refractivity contribution < 1.29 is 0 Å². The fourth-order valence-corrected chi connectivity index (χ4v) is 4.08. The van der Waals surface area contributed by atoms with Crippen molar-refractivity contribution in [1.29, 1.82) is 0 Å². The Morgan fingerprint density at radius 2 is 2.18 bits per heavy atom. The predicted octanol–water partition coefficient (Wildman–Crippen LogP) is 3.59. The Labute approximate surface area is 121 Å². The van der Waals surface area contributed by atoms with Gasteiger partial charge >= 0.3 is 0 Å². The molecular weight excluding hydrogens is 347 g/mol. The van der Waals surface area contributed by atoms with Gasteiger partial charge < -0.3 is 5.32 Å². The lowest BCUT2D eigenvalue weighted by atomic mass is 10.1. The second kappa shape index (κ2) is 4.94. The van der Waals surface area contributed by atoms with Crippen molar-refractivity contribution in [2.75, 3.05) is 18.4 Å². The van der Waals surface area contributed by atoms with Crippen molar-refractivity contribution in [2.45, 2.75) is 31.3 Å². The van der Waals surface area contributed by atoms with Gasteiger partial charge in [-0.15, -0.1) is 0 Å². The molecule has 92 valence electrons. The summed E-state index contributed by atoms with van der Waals surface area (Å²) in [6.07, 6.45) is 3.98. The van der Waals surface area contributed by atoms with E-state index >= 15 is 0 Å². The standard InChI is InChI=1S/C13H16ClIN2/c14-9-3-4-11(10(15)8-9)16-12-5-7-17-6-1-2-13(12)17/h3-4,8,12-13,16H,1-2,5-7H2. The molecule has 0 spiro atoms. The van der Waals surface area contributed by atoms with E-state index in [1.54, 1.807) is 0 Å². The Morgan fingerprint density at radius 3 is 3.00 bits per heavy atom. The van der Waals surface area contributed by atoms with Crippen LogP contribution in [0.4, 0.5) is 5.69 Å². The van der Waals surface area contributed by atoms with Crippen LogP contribution in [0.25, 0.3) is 0 Å². The summed E-state index contributed by atoms with van der Waals surface area (Å²) in [7, 11) is 0. The van der Waals surface area contributed by atoms with E-state index in [1.165, 1.54) is 41.6 Å². The Hall–Kier alpha value is -0.000000000000000111. The molecule has 2 fully saturated rings. The van der Waals surface area contributed by atoms with Gasteiger partial charge in [0.2, 0.25) is 0 Å². The fourth-order valence-electron chi connectivity index (χ4n) is 3.06. The number of hydrogen-bond donors (Lipinski definition) is 1. The summed E-state index contributed by atoms with van der Waals surface area (Å²) in [4.78, 5) is 2.63. The Kier molecular flexibility index (Phi) is 3.50. The van der Waals surface area contributed by atoms with Crippen molar-refractivity contribution in [2.24, 2.45) is 0 Å². The summed E-state index contributed by atoms with van der Waals surface area (Å²) >= 11 is 8.33. The number of nitrogens with one attached hydrogen (secondary N) is 1. The van der Waals surface area contributed by atoms with Crippen LogP contribution in [-0.4, -0.2) is 30.1 Å². The van der Waals surface area contributed by atoms with E-state index in [9.17, 15) is 0 Å². The van der Waals surface area contributed by atoms with Crippen LogP contribution in [0.5, 0.6) is 0 Å². The molecule has 0 aliphatic carbocycles. The molecule has 0 radical (unpaired) electrons. The summed E-state index contributed by atoms with van der Waals surface area (Å²) in [6.45, 7) is 2.55. The van der Waals surface area contributed by atoms with Gasteiger partial charge in [0, 0.05) is 32.9 Å². The molecule has 2 aliphatic rings. The van der Waals surface area contributed by atoms with Crippen LogP contribution in [0, 0.1) is 3.57 Å². The number of benzene rings is 1. The number of rotatable bonds is 2. The second-order valence-corrected chi connectivity index (χ2v) is 6.51. The summed E-state index contributed by atoms with van der Waals surface area (Å²) in [6, 6.07) is 7.45. The third-order valence-electron chi connectivity index (χ3n) is 3.88. The predicted molar refractivity (Wildman–Crippen MR) is 80.8 cm³/mol. The number of anilines is 1. The summed E-state index contributed by atoms with van der Waals surface area (Å²) in [5, 5.41) is 4.51. The molecule has 2 saturated heterocycles. The summed E-state index contributed by atoms with van der Waals surface area (Å²) < 4.78 is 1.21. The van der Waals surface area contributed by atoms with Crippen molar-refractivity contribution in [3.8, 4) is 0 Å². The lowest BCUT2D eigenvalue weighted by molar-refractivity contribution is 0.318. The average Bonchev–Trinajstić information content (AvgIpc) is 2.86. The van der Waals surface area contributed by atoms with Crippen LogP contribution in [0.3, 0.4) is 0 Å². The molecular formula is C13H16ClIN2. The number of halogens is 2. The summed E-state index contributed by atoms with van der Waals surface area (Å²) in [5.74, 6) is 0. The molecule has 2 unspecified atom stereocenters. The third kappa shape index (κ3) is 2.42. The van der Waals surface area contributed by atoms with Crippen LogP contribution in [0.2, 0.25) is 5.02 Å². The van der Waals surface area contributed by atoms with E-state index in [0.29, 0.717) is 6.04 Å². The molecule has 1 N–H and O–H groups in total. The van der Waals surface area contributed by atoms with E-state index < -0.39 is 0 Å². The van der Waals surface area contributed by atoms with E-state index in [0.717, 1.165) is 11.1 Å². The van der Waals surface area contributed by atoms with Gasteiger partial charge in [-0.25, -0.2) is 0 Å². The molecule has 1 aromatic rings. The van der Waals surface area contributed by atoms with Gasteiger partial charge in [-0.3, -0.25) is 4.90 Å². The van der Waals surface area contributed by atoms with Gasteiger partial charge in [0.1, 0.15) is 0 Å². The van der Waals surface area contributed by atoms with Crippen LogP contribution in [-0.2, 0) is 0 Å². The maximum atomic E-state index is 5.98. The van der Waals surface area contributed by atoms with Crippen LogP contribution in [0.1, 0.15) is 19.3 Å². The average molecular weight is 363 g/mol. The molecule has 4 heteroatoms. The molecule has 0 saturated carbocycles. The van der Waals surface area contributed by atoms with Crippen molar-refractivity contribution in [3.05, 3.63) is 26.8 Å². The quantitative estimate of drug-likeness (QED) is 0.809. The monoisotopic (exact) mass is 362 g/mol. The minimum absolute atomic E-state index is 0.618. The first-order chi connectivity index (χ1) is 8.24. The minimum atomic E-state index is 0.618. The zero-order valence-corrected chi connectivity index (χ0v) is 12.5. The lowest BCUT2D eigenvalue weighted by Crippen LogP contribution is -2.33. The van der Waals surface area contributed by atoms with Gasteiger partial charge in [0.25, 0.3) is 0 Å². The third-order valence-corrected chi connectivity index (χ3v) is 5.01. The van der Waals surface area contributed by atoms with Crippen molar-refractivity contribution >= 4 is 39.9 Å². The van der Waals surface area contributed by atoms with Crippen molar-refractivity contribution in [1.82, 2.24) is 4.90 Å². The van der Waals surface area contributed by atoms with E-state index in [1.807, 2.05) is 12.1 Å². The van der Waals surface area contributed by atoms with Crippen LogP contribution < -0.4 is 5.32 Å². The first-order valence-electron chi connectivity index (χ1n) is 6.20. The molecule has 17 heavy (non-hydrogen) atoms. The topological polar surface area (TPSA) is 15.3 Å². The summed E-state index contributed by atoms with van der Waals surface area (Å²) in [5.41, 5.74) is 1.23. The maximum absolute atomic E-state index is 5.98. The Morgan fingerprint density at radius 1 is 1.29 bits per heavy atom. The Balaban J connectivity index is 1.74. The minimum Gasteiger partial charge on any atom is -0.380 e. The van der Waals surface area contributed by atoms with Crippen molar-refractivity contribution in [3.63, 3.8) is 0 Å². The highest BCUT2D eigenvalue weighted by molar-refractivity contribution is 14.1. The lowest BCUT2D eigenvalue weighted by Gasteiger charge is -2.22. The molecule has 0 amide bonds. The highest BCUT2D eigenvalue weighted by Crippen LogP contribution is 2.31. The molecule has 1 aromatic carbocycles. The highest BCUT2D eigenvalue weighted by atomic mass is 127. The first kappa shape index (κ1) is 12.1. The highest BCUT2D eigenvalue weighted by Gasteiger charge is 2.37. The number of nitrogens with zero attached hydrogens (tertiary/aromatic N) is 1. The van der Waals surface area contributed by atoms with E-state index in [2.05, 4.69) is 38.9 Å². The number of fused-ring (bicyclic) bond motifs is 1. The van der Waals surface area contributed by atoms with Gasteiger partial charge in [0.05, 0.1) is 0 Å². The molecule has 2 heterocycles. The SMILES string of the molecule is Clc1ccc(NC2CCN3CCCC23)c(I)c1. The molecule has 0 bridgehead atoms. The largest absolute Gasteiger partial charge is 0.380 e. The van der Waals surface area contributed by atoms with Gasteiger partial charge in [-0.05, 0) is 66.6 Å². The van der Waals surface area contributed by atoms with E-state index in [4.69, 9.17) is 11.6 Å². The molecule has 2 aliphatic heterocycles. The van der Waals surface area contributed by atoms with Crippen LogP contribution >= 0.6 is 34.2 Å². The zero-order chi connectivity index (χ0) is 11.8. The molecule has 3 rings (SSSR count). The maximum Gasteiger partial charge on any atom is 0.0479 e. The van der Waals surface area contributed by atoms with Gasteiger partial charge in [-0.1, -0.05) is 11.6 Å². The smallest absolute Gasteiger partial charge is 0.0479 e. The van der Waals surface area contributed by atoms with E-state index in [-0.39, 0.29) is 0 Å². The number of hydrogen-bond acceptors (Lipinski definition) is 2. The van der Waals surface area contributed by atoms with Crippen LogP contribution in [0.15, 0.2) is 18.2 Å². The molecule has 2 nitrogen and oxygen atoms in total.